The van der Waals surface area contributed by atoms with Crippen LogP contribution in [0.4, 0.5) is 5.82 Å². The molecule has 0 bridgehead atoms. The van der Waals surface area contributed by atoms with Crippen molar-refractivity contribution in [1.82, 2.24) is 20.2 Å². The van der Waals surface area contributed by atoms with Crippen LogP contribution in [0.15, 0.2) is 12.4 Å². The Balaban J connectivity index is 2.68. The van der Waals surface area contributed by atoms with Crippen LogP contribution in [-0.2, 0) is 6.54 Å². The van der Waals surface area contributed by atoms with E-state index in [0.717, 1.165) is 44.2 Å². The molecule has 0 aliphatic rings. The second-order valence-electron chi connectivity index (χ2n) is 5.79. The predicted octanol–water partition coefficient (Wildman–Crippen LogP) is 1.61. The minimum atomic E-state index is 0.611. The van der Waals surface area contributed by atoms with Gasteiger partial charge in [0.2, 0.25) is 0 Å². The molecule has 0 amide bonds. The number of rotatable bonds is 9. The zero-order valence-electron chi connectivity index (χ0n) is 13.6. The summed E-state index contributed by atoms with van der Waals surface area (Å²) in [7, 11) is 4.19. The van der Waals surface area contributed by atoms with Gasteiger partial charge in [0, 0.05) is 26.2 Å². The molecule has 0 spiro atoms. The van der Waals surface area contributed by atoms with Gasteiger partial charge in [0.05, 0.1) is 18.1 Å². The van der Waals surface area contributed by atoms with Crippen LogP contribution < -0.4 is 10.2 Å². The van der Waals surface area contributed by atoms with Gasteiger partial charge in [-0.1, -0.05) is 20.8 Å². The molecule has 1 rings (SSSR count). The van der Waals surface area contributed by atoms with Crippen LogP contribution in [-0.4, -0.2) is 55.1 Å². The highest BCUT2D eigenvalue weighted by Crippen LogP contribution is 2.11. The van der Waals surface area contributed by atoms with Crippen LogP contribution in [0.1, 0.15) is 26.5 Å². The summed E-state index contributed by atoms with van der Waals surface area (Å²) in [6, 6.07) is 0. The summed E-state index contributed by atoms with van der Waals surface area (Å²) in [5.74, 6) is 1.58. The lowest BCUT2D eigenvalue weighted by molar-refractivity contribution is 0.408. The average Bonchev–Trinajstić information content (AvgIpc) is 2.41. The number of likely N-dealkylation sites (N-methyl/N-ethyl adjacent to an activating group) is 1. The third-order valence-electron chi connectivity index (χ3n) is 2.97. The maximum atomic E-state index is 4.57. The van der Waals surface area contributed by atoms with Gasteiger partial charge in [0.1, 0.15) is 5.82 Å². The summed E-state index contributed by atoms with van der Waals surface area (Å²) in [5.41, 5.74) is 0.993. The Bertz CT molecular complexity index is 361. The third-order valence-corrected chi connectivity index (χ3v) is 2.97. The minimum absolute atomic E-state index is 0.611. The molecule has 0 aromatic carbocycles. The molecular weight excluding hydrogens is 250 g/mol. The van der Waals surface area contributed by atoms with Gasteiger partial charge < -0.3 is 15.1 Å². The topological polar surface area (TPSA) is 44.3 Å². The Morgan fingerprint density at radius 2 is 1.90 bits per heavy atom. The molecule has 5 heteroatoms. The number of nitrogens with zero attached hydrogens (tertiary/aromatic N) is 4. The van der Waals surface area contributed by atoms with Crippen molar-refractivity contribution < 1.29 is 0 Å². The number of nitrogens with one attached hydrogen (secondary N) is 1. The van der Waals surface area contributed by atoms with Gasteiger partial charge in [-0.15, -0.1) is 0 Å². The van der Waals surface area contributed by atoms with Crippen molar-refractivity contribution in [3.8, 4) is 0 Å². The summed E-state index contributed by atoms with van der Waals surface area (Å²) < 4.78 is 0. The number of hydrogen-bond acceptors (Lipinski definition) is 5. The molecule has 0 atom stereocenters. The summed E-state index contributed by atoms with van der Waals surface area (Å²) in [4.78, 5) is 13.6. The molecular formula is C15H29N5. The first-order valence-corrected chi connectivity index (χ1v) is 7.44. The van der Waals surface area contributed by atoms with E-state index < -0.39 is 0 Å². The van der Waals surface area contributed by atoms with Gasteiger partial charge in [-0.3, -0.25) is 4.98 Å². The Morgan fingerprint density at radius 1 is 1.15 bits per heavy atom. The predicted molar refractivity (Wildman–Crippen MR) is 85.0 cm³/mol. The van der Waals surface area contributed by atoms with Gasteiger partial charge in [-0.05, 0) is 26.6 Å². The van der Waals surface area contributed by atoms with Crippen molar-refractivity contribution in [2.45, 2.75) is 27.3 Å². The van der Waals surface area contributed by atoms with E-state index in [1.165, 1.54) is 0 Å². The fourth-order valence-corrected chi connectivity index (χ4v) is 1.92. The van der Waals surface area contributed by atoms with Gasteiger partial charge >= 0.3 is 0 Å². The van der Waals surface area contributed by atoms with Gasteiger partial charge in [-0.2, -0.15) is 0 Å². The Kier molecular flexibility index (Phi) is 7.47. The van der Waals surface area contributed by atoms with Gasteiger partial charge in [0.25, 0.3) is 0 Å². The molecule has 0 unspecified atom stereocenters. The van der Waals surface area contributed by atoms with Crippen LogP contribution in [0.25, 0.3) is 0 Å². The lowest BCUT2D eigenvalue weighted by Gasteiger charge is -2.26. The van der Waals surface area contributed by atoms with Crippen LogP contribution >= 0.6 is 0 Å². The van der Waals surface area contributed by atoms with Gasteiger partial charge in [0.15, 0.2) is 0 Å². The maximum Gasteiger partial charge on any atom is 0.147 e. The van der Waals surface area contributed by atoms with Crippen LogP contribution in [0, 0.1) is 5.92 Å². The van der Waals surface area contributed by atoms with Crippen LogP contribution in [0.5, 0.6) is 0 Å². The van der Waals surface area contributed by atoms with E-state index in [0.29, 0.717) is 5.92 Å². The largest absolute Gasteiger partial charge is 0.354 e. The fraction of sp³-hybridized carbons (Fsp3) is 0.733. The first kappa shape index (κ1) is 16.9. The fourth-order valence-electron chi connectivity index (χ4n) is 1.92. The van der Waals surface area contributed by atoms with Crippen LogP contribution in [0.2, 0.25) is 0 Å². The zero-order valence-corrected chi connectivity index (χ0v) is 13.6. The number of aromatic nitrogens is 2. The molecule has 0 aliphatic carbocycles. The molecule has 1 heterocycles. The molecule has 1 aromatic rings. The molecule has 0 saturated carbocycles. The van der Waals surface area contributed by atoms with Crippen molar-refractivity contribution in [1.29, 1.82) is 0 Å². The maximum absolute atomic E-state index is 4.57. The second kappa shape index (κ2) is 8.87. The second-order valence-corrected chi connectivity index (χ2v) is 5.79. The smallest absolute Gasteiger partial charge is 0.147 e. The number of hydrogen-bond donors (Lipinski definition) is 1. The van der Waals surface area contributed by atoms with Crippen molar-refractivity contribution >= 4 is 5.82 Å². The highest BCUT2D eigenvalue weighted by atomic mass is 15.2. The molecule has 0 fully saturated rings. The van der Waals surface area contributed by atoms with E-state index >= 15 is 0 Å². The first-order chi connectivity index (χ1) is 9.52. The normalized spacial score (nSPS) is 11.3. The minimum Gasteiger partial charge on any atom is -0.354 e. The highest BCUT2D eigenvalue weighted by molar-refractivity contribution is 5.35. The molecule has 114 valence electrons. The molecule has 5 nitrogen and oxygen atoms in total. The molecule has 20 heavy (non-hydrogen) atoms. The Hall–Kier alpha value is -1.20. The van der Waals surface area contributed by atoms with Crippen molar-refractivity contribution in [2.75, 3.05) is 45.2 Å². The van der Waals surface area contributed by atoms with Crippen molar-refractivity contribution in [3.63, 3.8) is 0 Å². The summed E-state index contributed by atoms with van der Waals surface area (Å²) >= 11 is 0. The third kappa shape index (κ3) is 6.30. The molecule has 0 radical (unpaired) electrons. The lowest BCUT2D eigenvalue weighted by Crippen LogP contribution is -2.35. The van der Waals surface area contributed by atoms with E-state index in [-0.39, 0.29) is 0 Å². The standard InChI is InChI=1S/C15H29N5/c1-6-16-9-14-10-18-15(11-17-14)20(12-13(2)3)8-7-19(4)5/h10-11,13,16H,6-9,12H2,1-5H3. The van der Waals surface area contributed by atoms with E-state index in [9.17, 15) is 0 Å². The van der Waals surface area contributed by atoms with E-state index in [4.69, 9.17) is 0 Å². The first-order valence-electron chi connectivity index (χ1n) is 7.44. The Labute approximate surface area is 123 Å². The monoisotopic (exact) mass is 279 g/mol. The highest BCUT2D eigenvalue weighted by Gasteiger charge is 2.10. The summed E-state index contributed by atoms with van der Waals surface area (Å²) in [6.45, 7) is 11.3. The Morgan fingerprint density at radius 3 is 2.40 bits per heavy atom. The van der Waals surface area contributed by atoms with E-state index in [2.05, 4.69) is 60.0 Å². The quantitative estimate of drug-likeness (QED) is 0.744. The SMILES string of the molecule is CCNCc1cnc(N(CCN(C)C)CC(C)C)cn1. The van der Waals surface area contributed by atoms with Crippen LogP contribution in [0.3, 0.4) is 0 Å². The molecule has 1 aromatic heterocycles. The van der Waals surface area contributed by atoms with E-state index in [1.807, 2.05) is 12.4 Å². The zero-order chi connectivity index (χ0) is 15.0. The van der Waals surface area contributed by atoms with Gasteiger partial charge in [-0.25, -0.2) is 4.98 Å². The van der Waals surface area contributed by atoms with Crippen molar-refractivity contribution in [3.05, 3.63) is 18.1 Å². The average molecular weight is 279 g/mol. The number of anilines is 1. The lowest BCUT2D eigenvalue weighted by atomic mass is 10.2. The summed E-state index contributed by atoms with van der Waals surface area (Å²) in [5, 5.41) is 3.26. The summed E-state index contributed by atoms with van der Waals surface area (Å²) in [6.07, 6.45) is 3.77. The van der Waals surface area contributed by atoms with Crippen molar-refractivity contribution in [2.24, 2.45) is 5.92 Å². The molecule has 1 N–H and O–H groups in total. The molecule has 0 aliphatic heterocycles. The molecule has 0 saturated heterocycles. The van der Waals surface area contributed by atoms with E-state index in [1.54, 1.807) is 0 Å².